The zero-order valence-electron chi connectivity index (χ0n) is 17.9. The van der Waals surface area contributed by atoms with E-state index in [2.05, 4.69) is 16.6 Å². The lowest BCUT2D eigenvalue weighted by Gasteiger charge is -2.09. The van der Waals surface area contributed by atoms with Gasteiger partial charge in [-0.05, 0) is 66.1 Å². The quantitative estimate of drug-likeness (QED) is 0.407. The van der Waals surface area contributed by atoms with Gasteiger partial charge in [-0.3, -0.25) is 4.79 Å². The third-order valence-corrected chi connectivity index (χ3v) is 4.46. The fourth-order valence-electron chi connectivity index (χ4n) is 2.88. The van der Waals surface area contributed by atoms with Crippen LogP contribution in [-0.2, 0) is 4.79 Å². The first-order valence-electron chi connectivity index (χ1n) is 9.99. The van der Waals surface area contributed by atoms with Crippen molar-refractivity contribution in [3.8, 4) is 34.4 Å². The predicted molar refractivity (Wildman–Crippen MR) is 122 cm³/mol. The van der Waals surface area contributed by atoms with Crippen molar-refractivity contribution in [3.63, 3.8) is 0 Å². The standard InChI is InChI=1S/C25H23N3O4/c1-3-31-24-14-19(6-13-23(24)30-2)16-27-28-25(29)17-32-22-11-9-21(10-12-22)20-7-4-18(15-26)5-8-20/h4-14,16H,3,17H2,1-2H3,(H,28,29)/b27-16+. The summed E-state index contributed by atoms with van der Waals surface area (Å²) in [7, 11) is 1.58. The van der Waals surface area contributed by atoms with Crippen LogP contribution in [0.5, 0.6) is 17.2 Å². The van der Waals surface area contributed by atoms with Crippen molar-refractivity contribution in [1.29, 1.82) is 5.26 Å². The molecule has 0 aliphatic rings. The highest BCUT2D eigenvalue weighted by atomic mass is 16.5. The van der Waals surface area contributed by atoms with Crippen molar-refractivity contribution in [3.05, 3.63) is 77.9 Å². The van der Waals surface area contributed by atoms with Crippen LogP contribution < -0.4 is 19.6 Å². The van der Waals surface area contributed by atoms with Crippen LogP contribution in [0.4, 0.5) is 0 Å². The molecule has 0 heterocycles. The van der Waals surface area contributed by atoms with E-state index in [9.17, 15) is 4.79 Å². The molecule has 0 saturated heterocycles. The first-order chi connectivity index (χ1) is 15.6. The maximum Gasteiger partial charge on any atom is 0.277 e. The largest absolute Gasteiger partial charge is 0.493 e. The lowest BCUT2D eigenvalue weighted by atomic mass is 10.0. The number of ether oxygens (including phenoxy) is 3. The maximum absolute atomic E-state index is 12.0. The molecule has 1 N–H and O–H groups in total. The second-order valence-electron chi connectivity index (χ2n) is 6.64. The second-order valence-corrected chi connectivity index (χ2v) is 6.64. The van der Waals surface area contributed by atoms with Crippen molar-refractivity contribution < 1.29 is 19.0 Å². The summed E-state index contributed by atoms with van der Waals surface area (Å²) in [5.74, 6) is 1.43. The van der Waals surface area contributed by atoms with Crippen LogP contribution in [0.15, 0.2) is 71.8 Å². The van der Waals surface area contributed by atoms with Gasteiger partial charge >= 0.3 is 0 Å². The summed E-state index contributed by atoms with van der Waals surface area (Å²) in [6.07, 6.45) is 1.52. The molecule has 32 heavy (non-hydrogen) atoms. The lowest BCUT2D eigenvalue weighted by Crippen LogP contribution is -2.24. The third-order valence-electron chi connectivity index (χ3n) is 4.46. The Labute approximate surface area is 186 Å². The molecule has 0 atom stereocenters. The van der Waals surface area contributed by atoms with E-state index in [1.807, 2.05) is 37.3 Å². The van der Waals surface area contributed by atoms with E-state index >= 15 is 0 Å². The highest BCUT2D eigenvalue weighted by Crippen LogP contribution is 2.27. The number of nitriles is 1. The molecule has 0 unspecified atom stereocenters. The number of hydrogen-bond acceptors (Lipinski definition) is 6. The lowest BCUT2D eigenvalue weighted by molar-refractivity contribution is -0.123. The molecule has 162 valence electrons. The number of carbonyl (C=O) groups excluding carboxylic acids is 1. The highest BCUT2D eigenvalue weighted by molar-refractivity contribution is 5.83. The van der Waals surface area contributed by atoms with Gasteiger partial charge in [0.15, 0.2) is 18.1 Å². The number of benzene rings is 3. The maximum atomic E-state index is 12.0. The van der Waals surface area contributed by atoms with Gasteiger partial charge in [0.25, 0.3) is 5.91 Å². The van der Waals surface area contributed by atoms with Gasteiger partial charge < -0.3 is 14.2 Å². The van der Waals surface area contributed by atoms with Crippen molar-refractivity contribution in [2.75, 3.05) is 20.3 Å². The molecule has 3 aromatic carbocycles. The normalized spacial score (nSPS) is 10.4. The molecule has 1 amide bonds. The zero-order chi connectivity index (χ0) is 22.8. The molecule has 3 aromatic rings. The molecule has 0 fully saturated rings. The topological polar surface area (TPSA) is 92.9 Å². The van der Waals surface area contributed by atoms with Crippen molar-refractivity contribution >= 4 is 12.1 Å². The van der Waals surface area contributed by atoms with Gasteiger partial charge in [-0.1, -0.05) is 24.3 Å². The molecule has 0 radical (unpaired) electrons. The number of rotatable bonds is 9. The second kappa shape index (κ2) is 11.2. The Hall–Kier alpha value is -4.31. The van der Waals surface area contributed by atoms with Gasteiger partial charge in [0, 0.05) is 0 Å². The fraction of sp³-hybridized carbons (Fsp3) is 0.160. The average Bonchev–Trinajstić information content (AvgIpc) is 2.83. The number of amides is 1. The Morgan fingerprint density at radius 3 is 2.31 bits per heavy atom. The zero-order valence-corrected chi connectivity index (χ0v) is 17.9. The van der Waals surface area contributed by atoms with E-state index in [0.29, 0.717) is 29.4 Å². The van der Waals surface area contributed by atoms with Gasteiger partial charge in [-0.25, -0.2) is 5.43 Å². The summed E-state index contributed by atoms with van der Waals surface area (Å²) < 4.78 is 16.3. The van der Waals surface area contributed by atoms with E-state index in [1.165, 1.54) is 6.21 Å². The number of nitrogens with zero attached hydrogens (tertiary/aromatic N) is 2. The van der Waals surface area contributed by atoms with E-state index in [1.54, 1.807) is 43.5 Å². The van der Waals surface area contributed by atoms with Gasteiger partial charge in [0.2, 0.25) is 0 Å². The Bertz CT molecular complexity index is 1120. The Morgan fingerprint density at radius 1 is 1.00 bits per heavy atom. The minimum Gasteiger partial charge on any atom is -0.493 e. The van der Waals surface area contributed by atoms with Gasteiger partial charge in [0.1, 0.15) is 5.75 Å². The summed E-state index contributed by atoms with van der Waals surface area (Å²) in [4.78, 5) is 12.0. The van der Waals surface area contributed by atoms with E-state index in [-0.39, 0.29) is 12.5 Å². The molecule has 0 saturated carbocycles. The van der Waals surface area contributed by atoms with Crippen LogP contribution in [-0.4, -0.2) is 32.4 Å². The smallest absolute Gasteiger partial charge is 0.277 e. The highest BCUT2D eigenvalue weighted by Gasteiger charge is 2.05. The molecule has 3 rings (SSSR count). The molecule has 0 aromatic heterocycles. The number of methoxy groups -OCH3 is 1. The monoisotopic (exact) mass is 429 g/mol. The average molecular weight is 429 g/mol. The van der Waals surface area contributed by atoms with Gasteiger partial charge in [-0.2, -0.15) is 10.4 Å². The van der Waals surface area contributed by atoms with Crippen LogP contribution >= 0.6 is 0 Å². The molecule has 0 bridgehead atoms. The summed E-state index contributed by atoms with van der Waals surface area (Å²) in [5.41, 5.74) is 5.79. The minimum absolute atomic E-state index is 0.166. The molecular weight excluding hydrogens is 406 g/mol. The number of hydrazone groups is 1. The molecule has 7 nitrogen and oxygen atoms in total. The Balaban J connectivity index is 1.50. The van der Waals surface area contributed by atoms with Crippen LogP contribution in [0.1, 0.15) is 18.1 Å². The molecule has 0 aliphatic heterocycles. The van der Waals surface area contributed by atoms with E-state index < -0.39 is 0 Å². The van der Waals surface area contributed by atoms with Crippen LogP contribution in [0.25, 0.3) is 11.1 Å². The summed E-state index contributed by atoms with van der Waals surface area (Å²) in [5, 5.41) is 12.8. The van der Waals surface area contributed by atoms with Crippen LogP contribution in [0.2, 0.25) is 0 Å². The van der Waals surface area contributed by atoms with Gasteiger partial charge in [-0.15, -0.1) is 0 Å². The molecule has 0 spiro atoms. The first kappa shape index (κ1) is 22.4. The predicted octanol–water partition coefficient (Wildman–Crippen LogP) is 4.16. The van der Waals surface area contributed by atoms with Crippen molar-refractivity contribution in [2.45, 2.75) is 6.92 Å². The van der Waals surface area contributed by atoms with Crippen LogP contribution in [0, 0.1) is 11.3 Å². The summed E-state index contributed by atoms with van der Waals surface area (Å²) in [6.45, 7) is 2.24. The number of hydrogen-bond donors (Lipinski definition) is 1. The summed E-state index contributed by atoms with van der Waals surface area (Å²) in [6, 6.07) is 22.2. The fourth-order valence-corrected chi connectivity index (χ4v) is 2.88. The SMILES string of the molecule is CCOc1cc(/C=N/NC(=O)COc2ccc(-c3ccc(C#N)cc3)cc2)ccc1OC. The minimum atomic E-state index is -0.379. The molecule has 0 aliphatic carbocycles. The van der Waals surface area contributed by atoms with Crippen molar-refractivity contribution in [2.24, 2.45) is 5.10 Å². The van der Waals surface area contributed by atoms with E-state index in [4.69, 9.17) is 19.5 Å². The van der Waals surface area contributed by atoms with Crippen LogP contribution in [0.3, 0.4) is 0 Å². The molecular formula is C25H23N3O4. The third kappa shape index (κ3) is 6.09. The Morgan fingerprint density at radius 2 is 1.69 bits per heavy atom. The molecule has 7 heteroatoms. The number of nitrogens with one attached hydrogen (secondary N) is 1. The first-order valence-corrected chi connectivity index (χ1v) is 9.99. The number of carbonyl (C=O) groups is 1. The summed E-state index contributed by atoms with van der Waals surface area (Å²) >= 11 is 0. The van der Waals surface area contributed by atoms with E-state index in [0.717, 1.165) is 16.7 Å². The Kier molecular flexibility index (Phi) is 7.82. The van der Waals surface area contributed by atoms with Gasteiger partial charge in [0.05, 0.1) is 31.6 Å². The van der Waals surface area contributed by atoms with Crippen molar-refractivity contribution in [1.82, 2.24) is 5.43 Å².